The molecular weight excluding hydrogens is 157 g/mol. The number of hydrogen-bond donors (Lipinski definition) is 1. The molecule has 2 heterocycles. The van der Waals surface area contributed by atoms with Crippen LogP contribution in [-0.4, -0.2) is 16.4 Å². The zero-order chi connectivity index (χ0) is 8.55. The second kappa shape index (κ2) is 2.48. The van der Waals surface area contributed by atoms with E-state index in [1.807, 2.05) is 0 Å². The molecule has 2 aromatic heterocycles. The van der Waals surface area contributed by atoms with Gasteiger partial charge >= 0.3 is 0 Å². The Bertz CT molecular complexity index is 408. The van der Waals surface area contributed by atoms with E-state index in [9.17, 15) is 4.39 Å². The number of hydrogen-bond acceptors (Lipinski definition) is 2. The van der Waals surface area contributed by atoms with E-state index in [4.69, 9.17) is 0 Å². The average Bonchev–Trinajstić information content (AvgIpc) is 2.46. The van der Waals surface area contributed by atoms with Crippen molar-refractivity contribution < 1.29 is 4.39 Å². The Morgan fingerprint density at radius 2 is 2.25 bits per heavy atom. The van der Waals surface area contributed by atoms with Gasteiger partial charge < -0.3 is 9.72 Å². The third-order valence-corrected chi connectivity index (χ3v) is 1.67. The van der Waals surface area contributed by atoms with Crippen molar-refractivity contribution in [3.05, 3.63) is 30.3 Å². The number of rotatable bonds is 1. The van der Waals surface area contributed by atoms with E-state index in [-0.39, 0.29) is 5.82 Å². The molecule has 0 atom stereocenters. The van der Waals surface area contributed by atoms with Gasteiger partial charge in [-0.25, -0.2) is 9.37 Å². The predicted molar refractivity (Wildman–Crippen MR) is 44.7 cm³/mol. The molecule has 0 fully saturated rings. The van der Waals surface area contributed by atoms with Gasteiger partial charge in [-0.05, 0) is 12.1 Å². The highest BCUT2D eigenvalue weighted by molar-refractivity contribution is 5.48. The molecule has 0 spiro atoms. The Balaban J connectivity index is 2.67. The molecule has 0 saturated carbocycles. The van der Waals surface area contributed by atoms with Gasteiger partial charge in [0.1, 0.15) is 17.3 Å². The topological polar surface area (TPSA) is 29.3 Å². The molecule has 0 bridgehead atoms. The number of pyridine rings is 1. The Hall–Kier alpha value is -1.58. The van der Waals surface area contributed by atoms with Crippen LogP contribution in [0.15, 0.2) is 24.5 Å². The van der Waals surface area contributed by atoms with Crippen LogP contribution in [0.1, 0.15) is 0 Å². The van der Waals surface area contributed by atoms with Crippen LogP contribution in [0.5, 0.6) is 0 Å². The van der Waals surface area contributed by atoms with Gasteiger partial charge in [-0.1, -0.05) is 0 Å². The highest BCUT2D eigenvalue weighted by Gasteiger charge is 1.99. The van der Waals surface area contributed by atoms with Crippen molar-refractivity contribution >= 4 is 11.5 Å². The first-order chi connectivity index (χ1) is 5.79. The van der Waals surface area contributed by atoms with Gasteiger partial charge in [0.15, 0.2) is 0 Å². The second-order valence-electron chi connectivity index (χ2n) is 2.49. The summed E-state index contributed by atoms with van der Waals surface area (Å²) in [5.41, 5.74) is 0.737. The van der Waals surface area contributed by atoms with Gasteiger partial charge in [0.25, 0.3) is 0 Å². The lowest BCUT2D eigenvalue weighted by Gasteiger charge is -1.90. The maximum atomic E-state index is 12.7. The maximum absolute atomic E-state index is 12.7. The Morgan fingerprint density at radius 1 is 1.42 bits per heavy atom. The van der Waals surface area contributed by atoms with Gasteiger partial charge in [0, 0.05) is 13.2 Å². The fourth-order valence-corrected chi connectivity index (χ4v) is 1.09. The van der Waals surface area contributed by atoms with Crippen LogP contribution in [0.3, 0.4) is 0 Å². The molecule has 4 heteroatoms. The summed E-state index contributed by atoms with van der Waals surface area (Å²) in [5, 5.41) is 2.88. The third kappa shape index (κ3) is 1.01. The van der Waals surface area contributed by atoms with Gasteiger partial charge in [-0.15, -0.1) is 0 Å². The first kappa shape index (κ1) is 7.09. The molecule has 2 rings (SSSR count). The van der Waals surface area contributed by atoms with Crippen molar-refractivity contribution in [1.82, 2.24) is 9.38 Å². The Kier molecular flexibility index (Phi) is 1.46. The molecule has 1 N–H and O–H groups in total. The summed E-state index contributed by atoms with van der Waals surface area (Å²) in [4.78, 5) is 4.16. The molecule has 62 valence electrons. The third-order valence-electron chi connectivity index (χ3n) is 1.67. The molecule has 12 heavy (non-hydrogen) atoms. The van der Waals surface area contributed by atoms with E-state index < -0.39 is 0 Å². The smallest absolute Gasteiger partial charge is 0.145 e. The van der Waals surface area contributed by atoms with Crippen molar-refractivity contribution in [1.29, 1.82) is 0 Å². The molecule has 0 unspecified atom stereocenters. The van der Waals surface area contributed by atoms with Crippen molar-refractivity contribution in [3.8, 4) is 0 Å². The zero-order valence-electron chi connectivity index (χ0n) is 6.58. The summed E-state index contributed by atoms with van der Waals surface area (Å²) in [5.74, 6) is 0.475. The van der Waals surface area contributed by atoms with Crippen molar-refractivity contribution in [2.24, 2.45) is 0 Å². The summed E-state index contributed by atoms with van der Waals surface area (Å²) < 4.78 is 14.3. The quantitative estimate of drug-likeness (QED) is 0.694. The van der Waals surface area contributed by atoms with Crippen LogP contribution in [0.25, 0.3) is 5.65 Å². The minimum atomic E-state index is -0.262. The van der Waals surface area contributed by atoms with E-state index in [0.29, 0.717) is 0 Å². The number of imidazole rings is 1. The summed E-state index contributed by atoms with van der Waals surface area (Å²) in [6, 6.07) is 3.03. The molecule has 0 aliphatic heterocycles. The minimum absolute atomic E-state index is 0.262. The zero-order valence-corrected chi connectivity index (χ0v) is 6.58. The second-order valence-corrected chi connectivity index (χ2v) is 2.49. The lowest BCUT2D eigenvalue weighted by atomic mass is 10.5. The lowest BCUT2D eigenvalue weighted by Crippen LogP contribution is -1.85. The number of aromatic nitrogens is 2. The van der Waals surface area contributed by atoms with Crippen LogP contribution in [-0.2, 0) is 0 Å². The normalized spacial score (nSPS) is 10.5. The average molecular weight is 165 g/mol. The highest BCUT2D eigenvalue weighted by atomic mass is 19.1. The fourth-order valence-electron chi connectivity index (χ4n) is 1.09. The largest absolute Gasteiger partial charge is 0.372 e. The Morgan fingerprint density at radius 3 is 3.00 bits per heavy atom. The lowest BCUT2D eigenvalue weighted by molar-refractivity contribution is 0.619. The van der Waals surface area contributed by atoms with E-state index in [0.717, 1.165) is 11.5 Å². The van der Waals surface area contributed by atoms with E-state index in [2.05, 4.69) is 10.3 Å². The summed E-state index contributed by atoms with van der Waals surface area (Å²) in [6.07, 6.45) is 3.13. The van der Waals surface area contributed by atoms with Crippen molar-refractivity contribution in [2.45, 2.75) is 0 Å². The van der Waals surface area contributed by atoms with Gasteiger partial charge in [0.2, 0.25) is 0 Å². The Labute approximate surface area is 68.8 Å². The summed E-state index contributed by atoms with van der Waals surface area (Å²) >= 11 is 0. The number of anilines is 1. The molecule has 0 amide bonds. The minimum Gasteiger partial charge on any atom is -0.372 e. The molecule has 0 aromatic carbocycles. The van der Waals surface area contributed by atoms with Crippen LogP contribution in [0.2, 0.25) is 0 Å². The summed E-state index contributed by atoms with van der Waals surface area (Å²) in [7, 11) is 1.78. The highest BCUT2D eigenvalue weighted by Crippen LogP contribution is 2.09. The fraction of sp³-hybridized carbons (Fsp3) is 0.125. The van der Waals surface area contributed by atoms with Crippen molar-refractivity contribution in [3.63, 3.8) is 0 Å². The molecule has 0 aliphatic rings. The van der Waals surface area contributed by atoms with Crippen LogP contribution in [0.4, 0.5) is 10.2 Å². The van der Waals surface area contributed by atoms with E-state index in [1.165, 1.54) is 12.3 Å². The molecule has 0 saturated heterocycles. The molecule has 3 nitrogen and oxygen atoms in total. The van der Waals surface area contributed by atoms with Crippen LogP contribution in [0, 0.1) is 5.82 Å². The van der Waals surface area contributed by atoms with Gasteiger partial charge in [-0.3, -0.25) is 0 Å². The number of fused-ring (bicyclic) bond motifs is 1. The van der Waals surface area contributed by atoms with E-state index >= 15 is 0 Å². The van der Waals surface area contributed by atoms with Crippen molar-refractivity contribution in [2.75, 3.05) is 12.4 Å². The van der Waals surface area contributed by atoms with Crippen LogP contribution >= 0.6 is 0 Å². The molecular formula is C8H8FN3. The SMILES string of the molecule is CNc1cn2cc(F)ccc2n1. The number of nitrogens with one attached hydrogen (secondary N) is 1. The number of nitrogens with zero attached hydrogens (tertiary/aromatic N) is 2. The first-order valence-corrected chi connectivity index (χ1v) is 3.61. The van der Waals surface area contributed by atoms with Gasteiger partial charge in [0.05, 0.1) is 6.20 Å². The standard InChI is InChI=1S/C8H8FN3/c1-10-7-5-12-4-6(9)2-3-8(12)11-7/h2-5,10H,1H3. The molecule has 0 radical (unpaired) electrons. The predicted octanol–water partition coefficient (Wildman–Crippen LogP) is 1.52. The van der Waals surface area contributed by atoms with Crippen LogP contribution < -0.4 is 5.32 Å². The number of halogens is 1. The van der Waals surface area contributed by atoms with Gasteiger partial charge in [-0.2, -0.15) is 0 Å². The molecule has 0 aliphatic carbocycles. The monoisotopic (exact) mass is 165 g/mol. The molecule has 2 aromatic rings. The maximum Gasteiger partial charge on any atom is 0.145 e. The summed E-state index contributed by atoms with van der Waals surface area (Å²) in [6.45, 7) is 0. The first-order valence-electron chi connectivity index (χ1n) is 3.61. The van der Waals surface area contributed by atoms with E-state index in [1.54, 1.807) is 23.7 Å².